The second-order valence-electron chi connectivity index (χ2n) is 7.00. The van der Waals surface area contributed by atoms with Crippen LogP contribution in [0.1, 0.15) is 23.8 Å². The molecule has 0 radical (unpaired) electrons. The van der Waals surface area contributed by atoms with Gasteiger partial charge in [0, 0.05) is 38.0 Å². The Morgan fingerprint density at radius 3 is 2.52 bits per heavy atom. The van der Waals surface area contributed by atoms with E-state index in [1.807, 2.05) is 43.3 Å². The Morgan fingerprint density at radius 1 is 1.22 bits per heavy atom. The lowest BCUT2D eigenvalue weighted by molar-refractivity contribution is -0.0460. The van der Waals surface area contributed by atoms with Gasteiger partial charge in [0.05, 0.1) is 12.7 Å². The first kappa shape index (κ1) is 19.3. The lowest BCUT2D eigenvalue weighted by atomic mass is 10.1. The Balaban J connectivity index is 1.76. The van der Waals surface area contributed by atoms with Crippen LogP contribution in [0, 0.1) is 0 Å². The molecule has 1 fully saturated rings. The highest BCUT2D eigenvalue weighted by molar-refractivity contribution is 5.46. The van der Waals surface area contributed by atoms with Crippen molar-refractivity contribution in [2.45, 2.75) is 37.7 Å². The molecule has 0 spiro atoms. The van der Waals surface area contributed by atoms with Gasteiger partial charge in [-0.15, -0.1) is 0 Å². The lowest BCUT2D eigenvalue weighted by Gasteiger charge is -2.15. The van der Waals surface area contributed by atoms with E-state index in [4.69, 9.17) is 4.74 Å². The smallest absolute Gasteiger partial charge is 0.330 e. The molecular weight excluding hydrogens is 350 g/mol. The average molecular weight is 375 g/mol. The zero-order valence-corrected chi connectivity index (χ0v) is 15.5. The third-order valence-electron chi connectivity index (χ3n) is 4.87. The summed E-state index contributed by atoms with van der Waals surface area (Å²) in [4.78, 5) is 28.6. The topological polar surface area (TPSA) is 108 Å². The van der Waals surface area contributed by atoms with Gasteiger partial charge in [0.2, 0.25) is 0 Å². The van der Waals surface area contributed by atoms with E-state index in [-0.39, 0.29) is 13.0 Å². The van der Waals surface area contributed by atoms with E-state index in [0.717, 1.165) is 11.3 Å². The predicted molar refractivity (Wildman–Crippen MR) is 101 cm³/mol. The second kappa shape index (κ2) is 8.08. The molecule has 3 N–H and O–H groups in total. The minimum absolute atomic E-state index is 0.183. The molecule has 1 aromatic heterocycles. The fourth-order valence-corrected chi connectivity index (χ4v) is 3.21. The van der Waals surface area contributed by atoms with Crippen molar-refractivity contribution in [2.24, 2.45) is 0 Å². The summed E-state index contributed by atoms with van der Waals surface area (Å²) in [5, 5.41) is 19.1. The summed E-state index contributed by atoms with van der Waals surface area (Å²) in [5.41, 5.74) is 1.65. The molecule has 1 aliphatic rings. The monoisotopic (exact) mass is 375 g/mol. The maximum Gasteiger partial charge on any atom is 0.330 e. The zero-order chi connectivity index (χ0) is 19.6. The van der Waals surface area contributed by atoms with Crippen molar-refractivity contribution in [1.82, 2.24) is 9.55 Å². The Hall–Kier alpha value is -2.42. The van der Waals surface area contributed by atoms with E-state index in [9.17, 15) is 19.8 Å². The van der Waals surface area contributed by atoms with Crippen LogP contribution < -0.4 is 16.1 Å². The van der Waals surface area contributed by atoms with Crippen molar-refractivity contribution in [3.63, 3.8) is 0 Å². The summed E-state index contributed by atoms with van der Waals surface area (Å²) < 4.78 is 6.80. The van der Waals surface area contributed by atoms with Crippen LogP contribution in [0.3, 0.4) is 0 Å². The number of rotatable bonds is 6. The van der Waals surface area contributed by atoms with Gasteiger partial charge in [-0.1, -0.05) is 12.1 Å². The highest BCUT2D eigenvalue weighted by Gasteiger charge is 2.35. The molecule has 1 aromatic carbocycles. The second-order valence-corrected chi connectivity index (χ2v) is 7.00. The molecule has 146 valence electrons. The number of nitrogens with one attached hydrogen (secondary N) is 1. The van der Waals surface area contributed by atoms with Gasteiger partial charge in [-0.25, -0.2) is 4.79 Å². The van der Waals surface area contributed by atoms with Crippen LogP contribution >= 0.6 is 0 Å². The zero-order valence-electron chi connectivity index (χ0n) is 15.5. The number of hydrogen-bond acceptors (Lipinski definition) is 6. The minimum atomic E-state index is -0.850. The molecule has 0 unspecified atom stereocenters. The highest BCUT2D eigenvalue weighted by atomic mass is 16.5. The lowest BCUT2D eigenvalue weighted by Crippen LogP contribution is -2.34. The van der Waals surface area contributed by atoms with Crippen molar-refractivity contribution < 1.29 is 14.9 Å². The molecule has 2 heterocycles. The largest absolute Gasteiger partial charge is 0.394 e. The summed E-state index contributed by atoms with van der Waals surface area (Å²) in [6.45, 7) is -0.328. The fraction of sp³-hybridized carbons (Fsp3) is 0.474. The summed E-state index contributed by atoms with van der Waals surface area (Å²) in [5.74, 6) is 0. The van der Waals surface area contributed by atoms with Gasteiger partial charge in [-0.3, -0.25) is 14.3 Å². The summed E-state index contributed by atoms with van der Waals surface area (Å²) in [7, 11) is 3.95. The molecule has 3 atom stereocenters. The van der Waals surface area contributed by atoms with Crippen LogP contribution in [0.4, 0.5) is 5.69 Å². The maximum absolute atomic E-state index is 12.2. The normalized spacial score (nSPS) is 22.1. The predicted octanol–water partition coefficient (Wildman–Crippen LogP) is 0.0285. The van der Waals surface area contributed by atoms with Gasteiger partial charge in [-0.05, 0) is 30.5 Å². The number of nitrogens with zero attached hydrogens (tertiary/aromatic N) is 2. The van der Waals surface area contributed by atoms with Gasteiger partial charge in [0.25, 0.3) is 5.56 Å². The van der Waals surface area contributed by atoms with Crippen molar-refractivity contribution in [3.05, 3.63) is 62.4 Å². The van der Waals surface area contributed by atoms with Gasteiger partial charge >= 0.3 is 5.69 Å². The fourth-order valence-electron chi connectivity index (χ4n) is 3.21. The number of aromatic nitrogens is 2. The molecule has 8 nitrogen and oxygen atoms in total. The van der Waals surface area contributed by atoms with Crippen LogP contribution in [0.25, 0.3) is 0 Å². The van der Waals surface area contributed by atoms with Crippen molar-refractivity contribution in [3.8, 4) is 0 Å². The number of aromatic amines is 1. The third-order valence-corrected chi connectivity index (χ3v) is 4.87. The Bertz CT molecular complexity index is 887. The molecule has 27 heavy (non-hydrogen) atoms. The van der Waals surface area contributed by atoms with Crippen molar-refractivity contribution in [1.29, 1.82) is 0 Å². The highest BCUT2D eigenvalue weighted by Crippen LogP contribution is 2.27. The first-order chi connectivity index (χ1) is 12.9. The number of aliphatic hydroxyl groups excluding tert-OH is 2. The van der Waals surface area contributed by atoms with Gasteiger partial charge in [0.15, 0.2) is 0 Å². The maximum atomic E-state index is 12.2. The van der Waals surface area contributed by atoms with Gasteiger partial charge in [0.1, 0.15) is 12.3 Å². The van der Waals surface area contributed by atoms with Crippen LogP contribution in [0.5, 0.6) is 0 Å². The molecule has 0 saturated carbocycles. The summed E-state index contributed by atoms with van der Waals surface area (Å²) >= 11 is 0. The molecular formula is C19H25N3O5. The molecule has 3 rings (SSSR count). The minimum Gasteiger partial charge on any atom is -0.394 e. The number of aliphatic hydroxyl groups is 2. The number of hydrogen-bond donors (Lipinski definition) is 3. The Labute approximate surface area is 156 Å². The van der Waals surface area contributed by atoms with E-state index < -0.39 is 29.7 Å². The van der Waals surface area contributed by atoms with Gasteiger partial charge in [-0.2, -0.15) is 0 Å². The molecule has 0 amide bonds. The van der Waals surface area contributed by atoms with Crippen molar-refractivity contribution in [2.75, 3.05) is 25.6 Å². The molecule has 0 bridgehead atoms. The Kier molecular flexibility index (Phi) is 5.79. The number of ether oxygens (including phenoxy) is 1. The molecule has 2 aromatic rings. The summed E-state index contributed by atoms with van der Waals surface area (Å²) in [6.07, 6.45) is 0.511. The van der Waals surface area contributed by atoms with Crippen LogP contribution in [0.2, 0.25) is 0 Å². The quantitative estimate of drug-likeness (QED) is 0.657. The number of H-pyrrole nitrogens is 1. The third kappa shape index (κ3) is 4.29. The van der Waals surface area contributed by atoms with E-state index in [0.29, 0.717) is 18.4 Å². The number of anilines is 1. The molecule has 1 saturated heterocycles. The van der Waals surface area contributed by atoms with Crippen LogP contribution in [-0.4, -0.2) is 52.7 Å². The van der Waals surface area contributed by atoms with Gasteiger partial charge < -0.3 is 19.8 Å². The van der Waals surface area contributed by atoms with Crippen LogP contribution in [0.15, 0.2) is 40.1 Å². The van der Waals surface area contributed by atoms with E-state index in [2.05, 4.69) is 4.98 Å². The average Bonchev–Trinajstić information content (AvgIpc) is 3.02. The number of aryl methyl sites for hydroxylation is 2. The standard InChI is InChI=1S/C19H25N3O5/c1-21(2)14-7-4-12(5-8-14)3-6-13-10-22(19(26)20-18(13)25)17-9-15(24)16(11-23)27-17/h4-5,7-8,10,15-17,23-24H,3,6,9,11H2,1-2H3,(H,20,25,26)/t15-,16+,17+/m0/s1. The molecule has 1 aliphatic heterocycles. The first-order valence-corrected chi connectivity index (χ1v) is 8.94. The van der Waals surface area contributed by atoms with Crippen molar-refractivity contribution >= 4 is 5.69 Å². The van der Waals surface area contributed by atoms with E-state index in [1.54, 1.807) is 0 Å². The van der Waals surface area contributed by atoms with E-state index in [1.165, 1.54) is 10.8 Å². The number of benzene rings is 1. The molecule has 0 aliphatic carbocycles. The molecule has 8 heteroatoms. The summed E-state index contributed by atoms with van der Waals surface area (Å²) in [6, 6.07) is 8.07. The van der Waals surface area contributed by atoms with E-state index >= 15 is 0 Å². The Morgan fingerprint density at radius 2 is 1.93 bits per heavy atom. The first-order valence-electron chi connectivity index (χ1n) is 8.94. The van der Waals surface area contributed by atoms with Crippen LogP contribution in [-0.2, 0) is 17.6 Å². The SMILES string of the molecule is CN(C)c1ccc(CCc2cn([C@H]3C[C@H](O)[C@@H](CO)O3)c(=O)[nH]c2=O)cc1.